The number of thioether (sulfide) groups is 1. The van der Waals surface area contributed by atoms with Gasteiger partial charge in [0.25, 0.3) is 0 Å². The Morgan fingerprint density at radius 2 is 1.87 bits per heavy atom. The summed E-state index contributed by atoms with van der Waals surface area (Å²) in [6.07, 6.45) is 1.79. The van der Waals surface area contributed by atoms with Crippen LogP contribution >= 0.6 is 11.8 Å². The third-order valence-corrected chi connectivity index (χ3v) is 6.63. The molecule has 0 aromatic heterocycles. The number of likely N-dealkylation sites (tertiary alicyclic amines) is 1. The molecule has 0 saturated carbocycles. The van der Waals surface area contributed by atoms with Crippen molar-refractivity contribution in [1.29, 1.82) is 0 Å². The number of carbonyl (C=O) groups is 1. The van der Waals surface area contributed by atoms with Crippen LogP contribution in [0.15, 0.2) is 58.5 Å². The van der Waals surface area contributed by atoms with E-state index in [2.05, 4.69) is 29.4 Å². The van der Waals surface area contributed by atoms with Gasteiger partial charge in [-0.25, -0.2) is 4.99 Å². The number of fused-ring (bicyclic) bond motifs is 1. The van der Waals surface area contributed by atoms with Crippen LogP contribution in [0, 0.1) is 0 Å². The molecule has 5 rings (SSSR count). The number of anilines is 1. The van der Waals surface area contributed by atoms with Gasteiger partial charge in [0.2, 0.25) is 12.7 Å². The molecule has 1 saturated heterocycles. The van der Waals surface area contributed by atoms with Gasteiger partial charge < -0.3 is 19.7 Å². The van der Waals surface area contributed by atoms with Gasteiger partial charge in [-0.1, -0.05) is 42.1 Å². The topological polar surface area (TPSA) is 75.5 Å². The lowest BCUT2D eigenvalue weighted by Crippen LogP contribution is -2.39. The van der Waals surface area contributed by atoms with Gasteiger partial charge in [-0.3, -0.25) is 9.79 Å². The largest absolute Gasteiger partial charge is 0.454 e. The van der Waals surface area contributed by atoms with Crippen LogP contribution in [0.3, 0.4) is 0 Å². The maximum absolute atomic E-state index is 12.6. The van der Waals surface area contributed by atoms with Gasteiger partial charge >= 0.3 is 0 Å². The second-order valence-electron chi connectivity index (χ2n) is 7.93. The zero-order valence-corrected chi connectivity index (χ0v) is 18.2. The normalized spacial score (nSPS) is 19.3. The van der Waals surface area contributed by atoms with Gasteiger partial charge in [-0.15, -0.1) is 0 Å². The third-order valence-electron chi connectivity index (χ3n) is 5.66. The van der Waals surface area contributed by atoms with E-state index >= 15 is 0 Å². The lowest BCUT2D eigenvalue weighted by molar-refractivity contribution is -0.113. The van der Waals surface area contributed by atoms with Gasteiger partial charge in [0.15, 0.2) is 17.2 Å². The first-order valence-electron chi connectivity index (χ1n) is 10.4. The number of aliphatic imine (C=N–C) groups is 2. The monoisotopic (exact) mass is 436 g/mol. The highest BCUT2D eigenvalue weighted by Crippen LogP contribution is 2.36. The summed E-state index contributed by atoms with van der Waals surface area (Å²) in [4.78, 5) is 25.0. The molecule has 3 heterocycles. The van der Waals surface area contributed by atoms with E-state index in [0.29, 0.717) is 17.2 Å². The Hall–Kier alpha value is -2.84. The number of amides is 1. The number of rotatable bonds is 4. The number of carbonyl (C=O) groups excluding carboxylic acids is 1. The molecule has 0 atom stereocenters. The third kappa shape index (κ3) is 4.31. The van der Waals surface area contributed by atoms with E-state index in [1.54, 1.807) is 12.1 Å². The van der Waals surface area contributed by atoms with Crippen molar-refractivity contribution in [3.05, 3.63) is 54.1 Å². The number of benzene rings is 2. The van der Waals surface area contributed by atoms with Crippen LogP contribution in [0.5, 0.6) is 11.5 Å². The Labute approximate surface area is 185 Å². The zero-order chi connectivity index (χ0) is 21.3. The molecule has 160 valence electrons. The standard InChI is InChI=1S/C23H24N4O3S/c1-27-11-9-23(10-12-27)25-21(16-5-3-2-4-6-16)22(26-23)31-14-20(28)24-17-7-8-18-19(13-17)30-15-29-18/h2-8,13H,9-12,14-15H2,1H3,(H,24,28). The van der Waals surface area contributed by atoms with Crippen LogP contribution in [0.25, 0.3) is 0 Å². The van der Waals surface area contributed by atoms with Gasteiger partial charge in [-0.05, 0) is 19.2 Å². The lowest BCUT2D eigenvalue weighted by Gasteiger charge is -2.33. The first kappa shape index (κ1) is 20.1. The second-order valence-corrected chi connectivity index (χ2v) is 8.90. The number of ether oxygens (including phenoxy) is 2. The van der Waals surface area contributed by atoms with Crippen LogP contribution < -0.4 is 14.8 Å². The van der Waals surface area contributed by atoms with Gasteiger partial charge in [-0.2, -0.15) is 0 Å². The first-order valence-corrected chi connectivity index (χ1v) is 11.4. The van der Waals surface area contributed by atoms with Crippen LogP contribution in [0.4, 0.5) is 5.69 Å². The Bertz CT molecular complexity index is 1050. The molecule has 1 N–H and O–H groups in total. The number of nitrogens with one attached hydrogen (secondary N) is 1. The summed E-state index contributed by atoms with van der Waals surface area (Å²) in [7, 11) is 2.13. The molecule has 2 aromatic carbocycles. The average Bonchev–Trinajstić information content (AvgIpc) is 3.40. The van der Waals surface area contributed by atoms with Crippen molar-refractivity contribution in [2.24, 2.45) is 9.98 Å². The second kappa shape index (κ2) is 8.36. The number of hydrogen-bond acceptors (Lipinski definition) is 7. The maximum atomic E-state index is 12.6. The van der Waals surface area contributed by atoms with Crippen LogP contribution in [-0.4, -0.2) is 59.9 Å². The first-order chi connectivity index (χ1) is 15.1. The highest BCUT2D eigenvalue weighted by molar-refractivity contribution is 8.16. The number of hydrogen-bond donors (Lipinski definition) is 1. The molecule has 0 radical (unpaired) electrons. The highest BCUT2D eigenvalue weighted by atomic mass is 32.2. The van der Waals surface area contributed by atoms with E-state index in [9.17, 15) is 4.79 Å². The summed E-state index contributed by atoms with van der Waals surface area (Å²) in [6, 6.07) is 15.5. The molecule has 0 aliphatic carbocycles. The molecule has 3 aliphatic heterocycles. The summed E-state index contributed by atoms with van der Waals surface area (Å²) in [5.41, 5.74) is 2.23. The highest BCUT2D eigenvalue weighted by Gasteiger charge is 2.39. The molecule has 1 fully saturated rings. The fourth-order valence-electron chi connectivity index (χ4n) is 3.91. The molecule has 8 heteroatoms. The Balaban J connectivity index is 1.29. The fraction of sp³-hybridized carbons (Fsp3) is 0.348. The molecular formula is C23H24N4O3S. The molecular weight excluding hydrogens is 412 g/mol. The molecule has 31 heavy (non-hydrogen) atoms. The van der Waals surface area contributed by atoms with Crippen molar-refractivity contribution in [1.82, 2.24) is 4.90 Å². The summed E-state index contributed by atoms with van der Waals surface area (Å²) >= 11 is 1.45. The summed E-state index contributed by atoms with van der Waals surface area (Å²) in [5.74, 6) is 1.51. The van der Waals surface area contributed by atoms with E-state index in [1.165, 1.54) is 11.8 Å². The zero-order valence-electron chi connectivity index (χ0n) is 17.3. The molecule has 3 aliphatic rings. The van der Waals surface area contributed by atoms with Crippen molar-refractivity contribution in [2.45, 2.75) is 18.5 Å². The van der Waals surface area contributed by atoms with Crippen molar-refractivity contribution in [3.63, 3.8) is 0 Å². The van der Waals surface area contributed by atoms with Gasteiger partial charge in [0.05, 0.1) is 11.5 Å². The molecule has 7 nitrogen and oxygen atoms in total. The van der Waals surface area contributed by atoms with Crippen LogP contribution in [0.1, 0.15) is 18.4 Å². The molecule has 0 unspecified atom stereocenters. The van der Waals surface area contributed by atoms with Crippen molar-refractivity contribution < 1.29 is 14.3 Å². The number of nitrogens with zero attached hydrogens (tertiary/aromatic N) is 3. The van der Waals surface area contributed by atoms with E-state index in [0.717, 1.165) is 42.3 Å². The smallest absolute Gasteiger partial charge is 0.234 e. The molecule has 2 aromatic rings. The predicted molar refractivity (Wildman–Crippen MR) is 124 cm³/mol. The molecule has 1 spiro atoms. The van der Waals surface area contributed by atoms with E-state index in [4.69, 9.17) is 19.5 Å². The minimum atomic E-state index is -0.395. The minimum absolute atomic E-state index is 0.0942. The lowest BCUT2D eigenvalue weighted by atomic mass is 9.99. The van der Waals surface area contributed by atoms with Crippen molar-refractivity contribution in [2.75, 3.05) is 38.0 Å². The van der Waals surface area contributed by atoms with Crippen molar-refractivity contribution >= 4 is 34.1 Å². The minimum Gasteiger partial charge on any atom is -0.454 e. The quantitative estimate of drug-likeness (QED) is 0.795. The Morgan fingerprint density at radius 3 is 2.68 bits per heavy atom. The van der Waals surface area contributed by atoms with Crippen LogP contribution in [-0.2, 0) is 4.79 Å². The van der Waals surface area contributed by atoms with Gasteiger partial charge in [0, 0.05) is 43.2 Å². The molecule has 1 amide bonds. The summed E-state index contributed by atoms with van der Waals surface area (Å²) < 4.78 is 10.7. The number of piperidine rings is 1. The molecule has 0 bridgehead atoms. The van der Waals surface area contributed by atoms with Crippen molar-refractivity contribution in [3.8, 4) is 11.5 Å². The maximum Gasteiger partial charge on any atom is 0.234 e. The Morgan fingerprint density at radius 1 is 1.10 bits per heavy atom. The summed E-state index contributed by atoms with van der Waals surface area (Å²) in [6.45, 7) is 2.15. The SMILES string of the molecule is CN1CCC2(CC1)N=C(SCC(=O)Nc1ccc3c(c1)OCO3)C(c1ccccc1)=N2. The predicted octanol–water partition coefficient (Wildman–Crippen LogP) is 3.41. The summed E-state index contributed by atoms with van der Waals surface area (Å²) in [5, 5.41) is 3.77. The average molecular weight is 437 g/mol. The van der Waals surface area contributed by atoms with Gasteiger partial charge in [0.1, 0.15) is 5.04 Å². The van der Waals surface area contributed by atoms with E-state index in [1.807, 2.05) is 24.3 Å². The fourth-order valence-corrected chi connectivity index (χ4v) is 4.79. The Kier molecular flexibility index (Phi) is 5.41. The van der Waals surface area contributed by atoms with E-state index in [-0.39, 0.29) is 18.5 Å². The van der Waals surface area contributed by atoms with Crippen LogP contribution in [0.2, 0.25) is 0 Å². The van der Waals surface area contributed by atoms with E-state index < -0.39 is 5.66 Å².